The van der Waals surface area contributed by atoms with Crippen molar-refractivity contribution in [3.8, 4) is 5.75 Å². The average molecular weight is 625 g/mol. The van der Waals surface area contributed by atoms with E-state index in [1.165, 1.54) is 19.1 Å². The van der Waals surface area contributed by atoms with Gasteiger partial charge in [0, 0.05) is 17.9 Å². The lowest BCUT2D eigenvalue weighted by Gasteiger charge is -2.37. The molecule has 2 amide bonds. The largest absolute Gasteiger partial charge is 0.497 e. The molecule has 4 aliphatic rings. The van der Waals surface area contributed by atoms with Gasteiger partial charge in [-0.15, -0.1) is 0 Å². The molecule has 2 saturated carbocycles. The van der Waals surface area contributed by atoms with E-state index in [1.54, 1.807) is 31.2 Å². The Morgan fingerprint density at radius 3 is 2.25 bits per heavy atom. The SMILES string of the molecule is COC(=O)N1[C@H](C)C[C@H](N(Cc2ccc(OC)cc2)C(=O)C(F)(F)F)[C@@H]1COC1CCC2(B3OC(C)(C)C(C)(C)O3)CC2C1. The summed E-state index contributed by atoms with van der Waals surface area (Å²) >= 11 is 0. The third-order valence-corrected chi connectivity index (χ3v) is 10.6. The molecule has 2 aliphatic heterocycles. The van der Waals surface area contributed by atoms with Gasteiger partial charge in [-0.2, -0.15) is 13.2 Å². The Labute approximate surface area is 257 Å². The second kappa shape index (κ2) is 11.7. The lowest BCUT2D eigenvalue weighted by Crippen LogP contribution is -2.54. The van der Waals surface area contributed by atoms with E-state index in [-0.39, 0.29) is 38.1 Å². The van der Waals surface area contributed by atoms with Crippen LogP contribution in [0.5, 0.6) is 5.75 Å². The maximum Gasteiger partial charge on any atom is 0.471 e. The molecule has 0 spiro atoms. The Bertz CT molecular complexity index is 1210. The summed E-state index contributed by atoms with van der Waals surface area (Å²) in [5.74, 6) is -1.06. The van der Waals surface area contributed by atoms with E-state index in [2.05, 4.69) is 0 Å². The summed E-state index contributed by atoms with van der Waals surface area (Å²) in [5.41, 5.74) is -0.319. The van der Waals surface area contributed by atoms with Gasteiger partial charge in [-0.25, -0.2) is 4.79 Å². The Balaban J connectivity index is 1.31. The fourth-order valence-electron chi connectivity index (χ4n) is 7.27. The number of likely N-dealkylation sites (tertiary alicyclic amines) is 1. The van der Waals surface area contributed by atoms with Crippen LogP contribution in [0, 0.1) is 5.92 Å². The molecule has 1 aromatic rings. The minimum absolute atomic E-state index is 0.0186. The highest BCUT2D eigenvalue weighted by atomic mass is 19.4. The fraction of sp³-hybridized carbons (Fsp3) is 0.742. The van der Waals surface area contributed by atoms with Crippen LogP contribution in [0.4, 0.5) is 18.0 Å². The number of carbonyl (C=O) groups excluding carboxylic acids is 2. The zero-order chi connectivity index (χ0) is 32.2. The molecule has 0 N–H and O–H groups in total. The Hall–Kier alpha value is -2.51. The number of methoxy groups -OCH3 is 2. The first kappa shape index (κ1) is 32.9. The van der Waals surface area contributed by atoms with Crippen molar-refractivity contribution in [2.24, 2.45) is 5.92 Å². The molecule has 5 rings (SSSR count). The first-order valence-electron chi connectivity index (χ1n) is 15.4. The predicted octanol–water partition coefficient (Wildman–Crippen LogP) is 5.61. The molecule has 4 fully saturated rings. The molecule has 0 aromatic heterocycles. The van der Waals surface area contributed by atoms with Crippen LogP contribution < -0.4 is 4.74 Å². The number of amides is 2. The second-order valence-electron chi connectivity index (χ2n) is 13.8. The van der Waals surface area contributed by atoms with Crippen molar-refractivity contribution in [3.63, 3.8) is 0 Å². The van der Waals surface area contributed by atoms with Gasteiger partial charge >= 0.3 is 25.3 Å². The summed E-state index contributed by atoms with van der Waals surface area (Å²) in [6.45, 7) is 9.62. The van der Waals surface area contributed by atoms with Gasteiger partial charge in [0.2, 0.25) is 0 Å². The number of hydrogen-bond acceptors (Lipinski definition) is 7. The maximum atomic E-state index is 13.9. The highest BCUT2D eigenvalue weighted by molar-refractivity contribution is 6.51. The van der Waals surface area contributed by atoms with Crippen LogP contribution in [-0.2, 0) is 30.1 Å². The van der Waals surface area contributed by atoms with Crippen molar-refractivity contribution in [1.29, 1.82) is 0 Å². The number of nitrogens with zero attached hydrogens (tertiary/aromatic N) is 2. The molecule has 1 aromatic carbocycles. The topological polar surface area (TPSA) is 86.8 Å². The Morgan fingerprint density at radius 2 is 1.70 bits per heavy atom. The molecule has 44 heavy (non-hydrogen) atoms. The number of carbonyl (C=O) groups is 2. The zero-order valence-corrected chi connectivity index (χ0v) is 26.6. The number of halogens is 3. The van der Waals surface area contributed by atoms with Gasteiger partial charge in [0.15, 0.2) is 0 Å². The summed E-state index contributed by atoms with van der Waals surface area (Å²) in [6, 6.07) is 4.29. The standard InChI is InChI=1S/C31H44BF3N2O7/c1-19-14-24(36(26(38)31(33,34)35)17-20-8-10-22(40-6)11-9-20)25(37(19)27(39)41-7)18-42-23-12-13-30(16-21(30)15-23)32-43-28(2,3)29(4,5)44-32/h8-11,19,21,23-25H,12-18H2,1-7H3/t19-,21?,23?,24+,25+,30?/m1/s1. The molecule has 9 nitrogen and oxygen atoms in total. The highest BCUT2D eigenvalue weighted by Crippen LogP contribution is 2.71. The van der Waals surface area contributed by atoms with Gasteiger partial charge in [-0.05, 0) is 90.3 Å². The van der Waals surface area contributed by atoms with E-state index in [4.69, 9.17) is 23.5 Å². The normalized spacial score (nSPS) is 32.3. The number of hydrogen-bond donors (Lipinski definition) is 0. The molecule has 13 heteroatoms. The molecule has 6 atom stereocenters. The lowest BCUT2D eigenvalue weighted by molar-refractivity contribution is -0.189. The predicted molar refractivity (Wildman–Crippen MR) is 156 cm³/mol. The van der Waals surface area contributed by atoms with Crippen LogP contribution in [-0.4, -0.2) is 91.4 Å². The van der Waals surface area contributed by atoms with Crippen LogP contribution in [0.1, 0.15) is 72.3 Å². The molecule has 0 radical (unpaired) electrons. The Morgan fingerprint density at radius 1 is 1.07 bits per heavy atom. The van der Waals surface area contributed by atoms with Crippen molar-refractivity contribution in [2.45, 2.75) is 120 Å². The third-order valence-electron chi connectivity index (χ3n) is 10.6. The van der Waals surface area contributed by atoms with E-state index < -0.39 is 47.5 Å². The van der Waals surface area contributed by atoms with Crippen LogP contribution in [0.2, 0.25) is 5.31 Å². The molecular weight excluding hydrogens is 580 g/mol. The Kier molecular flexibility index (Phi) is 8.74. The maximum absolute atomic E-state index is 13.9. The summed E-state index contributed by atoms with van der Waals surface area (Å²) < 4.78 is 71.1. The summed E-state index contributed by atoms with van der Waals surface area (Å²) in [6.07, 6.45) is -2.41. The monoisotopic (exact) mass is 624 g/mol. The van der Waals surface area contributed by atoms with Crippen molar-refractivity contribution in [2.75, 3.05) is 20.8 Å². The smallest absolute Gasteiger partial charge is 0.471 e. The van der Waals surface area contributed by atoms with Crippen molar-refractivity contribution in [1.82, 2.24) is 9.80 Å². The van der Waals surface area contributed by atoms with Crippen molar-refractivity contribution in [3.05, 3.63) is 29.8 Å². The number of benzene rings is 1. The van der Waals surface area contributed by atoms with E-state index in [9.17, 15) is 22.8 Å². The van der Waals surface area contributed by atoms with E-state index >= 15 is 0 Å². The van der Waals surface area contributed by atoms with Gasteiger partial charge in [-0.1, -0.05) is 12.1 Å². The van der Waals surface area contributed by atoms with E-state index in [0.29, 0.717) is 17.2 Å². The van der Waals surface area contributed by atoms with Crippen molar-refractivity contribution >= 4 is 19.1 Å². The number of ether oxygens (including phenoxy) is 3. The summed E-state index contributed by atoms with van der Waals surface area (Å²) in [4.78, 5) is 28.0. The molecule has 3 unspecified atom stereocenters. The molecule has 2 heterocycles. The van der Waals surface area contributed by atoms with Crippen LogP contribution in [0.25, 0.3) is 0 Å². The molecule has 2 saturated heterocycles. The van der Waals surface area contributed by atoms with Crippen LogP contribution in [0.3, 0.4) is 0 Å². The summed E-state index contributed by atoms with van der Waals surface area (Å²) in [7, 11) is 2.45. The van der Waals surface area contributed by atoms with Gasteiger partial charge in [0.05, 0.1) is 50.2 Å². The van der Waals surface area contributed by atoms with Crippen LogP contribution in [0.15, 0.2) is 24.3 Å². The molecule has 244 valence electrons. The number of rotatable bonds is 8. The van der Waals surface area contributed by atoms with Crippen molar-refractivity contribution < 1.29 is 46.3 Å². The first-order valence-corrected chi connectivity index (χ1v) is 15.4. The third kappa shape index (κ3) is 6.03. The lowest BCUT2D eigenvalue weighted by atomic mass is 9.61. The number of alkyl halides is 3. The van der Waals surface area contributed by atoms with E-state index in [1.807, 2.05) is 27.7 Å². The molecule has 0 bridgehead atoms. The van der Waals surface area contributed by atoms with Gasteiger partial charge in [0.1, 0.15) is 5.75 Å². The second-order valence-corrected chi connectivity index (χ2v) is 13.8. The fourth-order valence-corrected chi connectivity index (χ4v) is 7.27. The van der Waals surface area contributed by atoms with Gasteiger partial charge in [0.25, 0.3) is 0 Å². The van der Waals surface area contributed by atoms with Gasteiger partial charge < -0.3 is 28.4 Å². The minimum Gasteiger partial charge on any atom is -0.497 e. The van der Waals surface area contributed by atoms with E-state index in [0.717, 1.165) is 30.6 Å². The minimum atomic E-state index is -5.09. The summed E-state index contributed by atoms with van der Waals surface area (Å²) in [5, 5.41) is -0.0539. The number of fused-ring (bicyclic) bond motifs is 1. The average Bonchev–Trinajstić information content (AvgIpc) is 3.54. The van der Waals surface area contributed by atoms with Crippen LogP contribution >= 0.6 is 0 Å². The molecule has 2 aliphatic carbocycles. The molecular formula is C31H44BF3N2O7. The van der Waals surface area contributed by atoms with Gasteiger partial charge in [-0.3, -0.25) is 9.69 Å². The highest BCUT2D eigenvalue weighted by Gasteiger charge is 2.70. The zero-order valence-electron chi connectivity index (χ0n) is 26.6. The quantitative estimate of drug-likeness (QED) is 0.348. The first-order chi connectivity index (χ1) is 20.5.